The molecule has 2 nitrogen and oxygen atoms in total. The van der Waals surface area contributed by atoms with Crippen molar-refractivity contribution in [3.63, 3.8) is 0 Å². The molecule has 0 bridgehead atoms. The van der Waals surface area contributed by atoms with Gasteiger partial charge in [-0.3, -0.25) is 0 Å². The summed E-state index contributed by atoms with van der Waals surface area (Å²) in [4.78, 5) is 0. The van der Waals surface area contributed by atoms with Gasteiger partial charge >= 0.3 is 0 Å². The van der Waals surface area contributed by atoms with E-state index in [1.54, 1.807) is 0 Å². The van der Waals surface area contributed by atoms with Gasteiger partial charge in [0.2, 0.25) is 0 Å². The Labute approximate surface area is 360 Å². The number of hydrogen-bond donors (Lipinski definition) is 0. The molecule has 0 aliphatic heterocycles. The summed E-state index contributed by atoms with van der Waals surface area (Å²) in [5, 5.41) is 4.95. The minimum atomic E-state index is 1.14. The third-order valence-corrected chi connectivity index (χ3v) is 12.5. The minimum absolute atomic E-state index is 1.14. The molecule has 0 spiro atoms. The predicted octanol–water partition coefficient (Wildman–Crippen LogP) is 16.2. The summed E-state index contributed by atoms with van der Waals surface area (Å²) in [5.41, 5.74) is 19.1. The topological polar surface area (TPSA) is 9.86 Å². The molecule has 0 saturated heterocycles. The first-order chi connectivity index (χ1) is 30.8. The zero-order valence-electron chi connectivity index (χ0n) is 34.0. The van der Waals surface area contributed by atoms with Gasteiger partial charge in [-0.25, -0.2) is 0 Å². The number of aromatic nitrogens is 2. The minimum Gasteiger partial charge on any atom is -0.309 e. The highest BCUT2D eigenvalue weighted by Crippen LogP contribution is 2.43. The standard InChI is InChI=1S/C60H40N2/c1-5-16-41(17-6-1)43-28-33-49(34-29-43)61-57-37-32-47(39-54(57)60-51(25-15-27-58(60)61)45-22-11-4-12-23-45)46-31-36-56-53(38-46)52-24-13-14-26-55(52)62(56)59-40-48(42-18-7-2-8-19-42)30-35-50(59)44-20-9-3-10-21-44/h1-40H. The van der Waals surface area contributed by atoms with E-state index in [-0.39, 0.29) is 0 Å². The molecule has 12 rings (SSSR count). The molecule has 0 fully saturated rings. The van der Waals surface area contributed by atoms with Crippen LogP contribution in [0.25, 0.3) is 111 Å². The predicted molar refractivity (Wildman–Crippen MR) is 262 cm³/mol. The second-order valence-electron chi connectivity index (χ2n) is 16.1. The second kappa shape index (κ2) is 14.8. The van der Waals surface area contributed by atoms with Gasteiger partial charge in [0, 0.05) is 32.8 Å². The number of hydrogen-bond acceptors (Lipinski definition) is 0. The van der Waals surface area contributed by atoms with Gasteiger partial charge in [0.25, 0.3) is 0 Å². The maximum Gasteiger partial charge on any atom is 0.0547 e. The summed E-state index contributed by atoms with van der Waals surface area (Å²) >= 11 is 0. The lowest BCUT2D eigenvalue weighted by Crippen LogP contribution is -1.98. The molecule has 12 aromatic rings. The molecule has 0 amide bonds. The number of nitrogens with zero attached hydrogens (tertiary/aromatic N) is 2. The van der Waals surface area contributed by atoms with E-state index in [0.717, 1.165) is 11.4 Å². The molecule has 2 heterocycles. The van der Waals surface area contributed by atoms with E-state index in [9.17, 15) is 0 Å². The average molecular weight is 789 g/mol. The Balaban J connectivity index is 1.06. The number of para-hydroxylation sites is 1. The van der Waals surface area contributed by atoms with Crippen LogP contribution in [-0.4, -0.2) is 9.13 Å². The first-order valence-electron chi connectivity index (χ1n) is 21.3. The molecule has 10 aromatic carbocycles. The van der Waals surface area contributed by atoms with Gasteiger partial charge in [-0.2, -0.15) is 0 Å². The van der Waals surface area contributed by atoms with Crippen molar-refractivity contribution in [2.45, 2.75) is 0 Å². The van der Waals surface area contributed by atoms with Crippen molar-refractivity contribution < 1.29 is 0 Å². The molecule has 0 saturated carbocycles. The smallest absolute Gasteiger partial charge is 0.0547 e. The van der Waals surface area contributed by atoms with Crippen molar-refractivity contribution in [1.29, 1.82) is 0 Å². The van der Waals surface area contributed by atoms with Crippen LogP contribution < -0.4 is 0 Å². The summed E-state index contributed by atoms with van der Waals surface area (Å²) in [6.07, 6.45) is 0. The van der Waals surface area contributed by atoms with Gasteiger partial charge in [0.1, 0.15) is 0 Å². The molecular weight excluding hydrogens is 749 g/mol. The lowest BCUT2D eigenvalue weighted by atomic mass is 9.97. The third kappa shape index (κ3) is 5.96. The first-order valence-corrected chi connectivity index (χ1v) is 21.3. The molecule has 290 valence electrons. The zero-order chi connectivity index (χ0) is 41.0. The summed E-state index contributed by atoms with van der Waals surface area (Å²) < 4.78 is 4.90. The van der Waals surface area contributed by atoms with Crippen molar-refractivity contribution >= 4 is 43.6 Å². The van der Waals surface area contributed by atoms with Gasteiger partial charge in [-0.15, -0.1) is 0 Å². The summed E-state index contributed by atoms with van der Waals surface area (Å²) in [6.45, 7) is 0. The van der Waals surface area contributed by atoms with Gasteiger partial charge < -0.3 is 9.13 Å². The highest BCUT2D eigenvalue weighted by Gasteiger charge is 2.20. The monoisotopic (exact) mass is 788 g/mol. The van der Waals surface area contributed by atoms with Gasteiger partial charge in [-0.05, 0) is 105 Å². The Morgan fingerprint density at radius 2 is 0.677 bits per heavy atom. The van der Waals surface area contributed by atoms with E-state index in [0.29, 0.717) is 0 Å². The van der Waals surface area contributed by atoms with Crippen LogP contribution in [0.3, 0.4) is 0 Å². The highest BCUT2D eigenvalue weighted by atomic mass is 15.0. The van der Waals surface area contributed by atoms with E-state index in [2.05, 4.69) is 252 Å². The van der Waals surface area contributed by atoms with Crippen LogP contribution in [0.2, 0.25) is 0 Å². The lowest BCUT2D eigenvalue weighted by molar-refractivity contribution is 1.18. The largest absolute Gasteiger partial charge is 0.309 e. The van der Waals surface area contributed by atoms with Crippen LogP contribution in [-0.2, 0) is 0 Å². The van der Waals surface area contributed by atoms with Crippen molar-refractivity contribution in [2.75, 3.05) is 0 Å². The van der Waals surface area contributed by atoms with Crippen molar-refractivity contribution in [2.24, 2.45) is 0 Å². The molecular formula is C60H40N2. The SMILES string of the molecule is c1ccc(-c2ccc(-n3c4ccc(-c5ccc6c(c5)c5ccccc5n6-c5cc(-c6ccccc6)ccc5-c5ccccc5)cc4c4c(-c5ccccc5)cccc43)cc2)cc1. The molecule has 0 radical (unpaired) electrons. The molecule has 0 unspecified atom stereocenters. The molecule has 0 aliphatic carbocycles. The average Bonchev–Trinajstić information content (AvgIpc) is 3.87. The molecule has 62 heavy (non-hydrogen) atoms. The van der Waals surface area contributed by atoms with Gasteiger partial charge in [0.15, 0.2) is 0 Å². The Bertz CT molecular complexity index is 3580. The van der Waals surface area contributed by atoms with Gasteiger partial charge in [0.05, 0.1) is 27.8 Å². The van der Waals surface area contributed by atoms with Crippen LogP contribution in [0.15, 0.2) is 243 Å². The fraction of sp³-hybridized carbons (Fsp3) is 0. The maximum atomic E-state index is 2.47. The molecule has 2 aromatic heterocycles. The number of benzene rings is 10. The normalized spacial score (nSPS) is 11.5. The van der Waals surface area contributed by atoms with Crippen molar-refractivity contribution in [3.8, 4) is 67.0 Å². The number of fused-ring (bicyclic) bond motifs is 6. The first kappa shape index (κ1) is 35.7. The quantitative estimate of drug-likeness (QED) is 0.152. The molecule has 2 heteroatoms. The van der Waals surface area contributed by atoms with Crippen LogP contribution in [0.1, 0.15) is 0 Å². The van der Waals surface area contributed by atoms with Gasteiger partial charge in [-0.1, -0.05) is 188 Å². The molecule has 0 atom stereocenters. The second-order valence-corrected chi connectivity index (χ2v) is 16.1. The van der Waals surface area contributed by atoms with E-state index in [1.165, 1.54) is 99.2 Å². The summed E-state index contributed by atoms with van der Waals surface area (Å²) in [7, 11) is 0. The lowest BCUT2D eigenvalue weighted by Gasteiger charge is -2.16. The van der Waals surface area contributed by atoms with Crippen molar-refractivity contribution in [1.82, 2.24) is 9.13 Å². The van der Waals surface area contributed by atoms with E-state index >= 15 is 0 Å². The molecule has 0 aliphatic rings. The van der Waals surface area contributed by atoms with Crippen LogP contribution in [0, 0.1) is 0 Å². The summed E-state index contributed by atoms with van der Waals surface area (Å²) in [5.74, 6) is 0. The van der Waals surface area contributed by atoms with E-state index in [1.807, 2.05) is 0 Å². The van der Waals surface area contributed by atoms with Crippen LogP contribution in [0.4, 0.5) is 0 Å². The third-order valence-electron chi connectivity index (χ3n) is 12.5. The van der Waals surface area contributed by atoms with E-state index < -0.39 is 0 Å². The fourth-order valence-corrected chi connectivity index (χ4v) is 9.62. The van der Waals surface area contributed by atoms with Crippen LogP contribution >= 0.6 is 0 Å². The fourth-order valence-electron chi connectivity index (χ4n) is 9.62. The Morgan fingerprint density at radius 1 is 0.226 bits per heavy atom. The van der Waals surface area contributed by atoms with Crippen molar-refractivity contribution in [3.05, 3.63) is 243 Å². The Hall–Kier alpha value is -8.20. The summed E-state index contributed by atoms with van der Waals surface area (Å²) in [6, 6.07) is 88.4. The molecule has 0 N–H and O–H groups in total. The maximum absolute atomic E-state index is 2.47. The Morgan fingerprint density at radius 3 is 1.34 bits per heavy atom. The van der Waals surface area contributed by atoms with E-state index in [4.69, 9.17) is 0 Å². The van der Waals surface area contributed by atoms with Crippen LogP contribution in [0.5, 0.6) is 0 Å². The highest BCUT2D eigenvalue weighted by molar-refractivity contribution is 6.17. The zero-order valence-corrected chi connectivity index (χ0v) is 34.0. The number of rotatable bonds is 7. The Kier molecular flexibility index (Phi) is 8.53.